The normalized spacial score (nSPS) is 10.6. The van der Waals surface area contributed by atoms with Gasteiger partial charge in [-0.1, -0.05) is 29.3 Å². The first-order valence-corrected chi connectivity index (χ1v) is 8.99. The molecule has 0 saturated heterocycles. The highest BCUT2D eigenvalue weighted by molar-refractivity contribution is 6.35. The molecule has 0 radical (unpaired) electrons. The fourth-order valence-corrected chi connectivity index (χ4v) is 3.15. The van der Waals surface area contributed by atoms with E-state index >= 15 is 0 Å². The van der Waals surface area contributed by atoms with E-state index in [0.717, 1.165) is 0 Å². The van der Waals surface area contributed by atoms with Crippen molar-refractivity contribution in [3.8, 4) is 0 Å². The number of esters is 2. The van der Waals surface area contributed by atoms with Gasteiger partial charge in [-0.15, -0.1) is 0 Å². The minimum atomic E-state index is -0.616. The van der Waals surface area contributed by atoms with Crippen LogP contribution >= 0.6 is 23.2 Å². The molecule has 0 fully saturated rings. The fraction of sp³-hybridized carbons (Fsp3) is 0.316. The molecule has 0 spiro atoms. The summed E-state index contributed by atoms with van der Waals surface area (Å²) in [4.78, 5) is 39.6. The topological polar surface area (TPSA) is 85.5 Å². The lowest BCUT2D eigenvalue weighted by molar-refractivity contribution is -0.141. The highest BCUT2D eigenvalue weighted by Crippen LogP contribution is 2.22. The summed E-state index contributed by atoms with van der Waals surface area (Å²) in [6.45, 7) is 4.71. The van der Waals surface area contributed by atoms with Crippen LogP contribution in [0.2, 0.25) is 10.0 Å². The van der Waals surface area contributed by atoms with Crippen LogP contribution in [-0.4, -0.2) is 35.9 Å². The van der Waals surface area contributed by atoms with Gasteiger partial charge in [0.1, 0.15) is 0 Å². The second-order valence-corrected chi connectivity index (χ2v) is 6.69. The number of halogens is 2. The number of ether oxygens (including phenoxy) is 2. The van der Waals surface area contributed by atoms with E-state index in [-0.39, 0.29) is 24.2 Å². The second-order valence-electron chi connectivity index (χ2n) is 5.84. The van der Waals surface area contributed by atoms with Crippen LogP contribution in [0.3, 0.4) is 0 Å². The van der Waals surface area contributed by atoms with Crippen LogP contribution in [0.15, 0.2) is 18.2 Å². The summed E-state index contributed by atoms with van der Waals surface area (Å²) in [7, 11) is 0. The summed E-state index contributed by atoms with van der Waals surface area (Å²) in [6.07, 6.45) is -0.0981. The molecule has 2 aromatic rings. The third-order valence-electron chi connectivity index (χ3n) is 3.85. The van der Waals surface area contributed by atoms with E-state index in [1.54, 1.807) is 32.9 Å². The summed E-state index contributed by atoms with van der Waals surface area (Å²) in [5, 5.41) is 0.796. The Balaban J connectivity index is 2.07. The Morgan fingerprint density at radius 3 is 2.33 bits per heavy atom. The number of aromatic nitrogens is 1. The lowest BCUT2D eigenvalue weighted by Gasteiger charge is -2.08. The van der Waals surface area contributed by atoms with Gasteiger partial charge in [0.25, 0.3) is 0 Å². The van der Waals surface area contributed by atoms with E-state index in [9.17, 15) is 14.4 Å². The molecular formula is C19H19Cl2NO5. The zero-order valence-corrected chi connectivity index (χ0v) is 16.7. The van der Waals surface area contributed by atoms with Gasteiger partial charge in [0.05, 0.1) is 24.2 Å². The number of hydrogen-bond donors (Lipinski definition) is 1. The first-order chi connectivity index (χ1) is 12.7. The quantitative estimate of drug-likeness (QED) is 0.547. The Morgan fingerprint density at radius 2 is 1.70 bits per heavy atom. The number of carbonyl (C=O) groups excluding carboxylic acids is 3. The van der Waals surface area contributed by atoms with Crippen molar-refractivity contribution >= 4 is 40.9 Å². The van der Waals surface area contributed by atoms with Crippen molar-refractivity contribution in [2.45, 2.75) is 27.2 Å². The van der Waals surface area contributed by atoms with E-state index in [4.69, 9.17) is 32.7 Å². The molecule has 6 nitrogen and oxygen atoms in total. The average Bonchev–Trinajstić information content (AvgIpc) is 2.89. The van der Waals surface area contributed by atoms with Crippen molar-refractivity contribution in [2.75, 3.05) is 13.2 Å². The molecule has 0 atom stereocenters. The zero-order valence-electron chi connectivity index (χ0n) is 15.2. The van der Waals surface area contributed by atoms with Crippen molar-refractivity contribution < 1.29 is 23.9 Å². The maximum Gasteiger partial charge on any atom is 0.340 e. The number of carbonyl (C=O) groups is 3. The maximum absolute atomic E-state index is 12.5. The highest BCUT2D eigenvalue weighted by Gasteiger charge is 2.26. The van der Waals surface area contributed by atoms with Crippen molar-refractivity contribution in [3.63, 3.8) is 0 Å². The van der Waals surface area contributed by atoms with Gasteiger partial charge in [0, 0.05) is 21.4 Å². The number of ketones is 1. The Labute approximate surface area is 166 Å². The van der Waals surface area contributed by atoms with Gasteiger partial charge in [-0.3, -0.25) is 9.59 Å². The number of hydrogen-bond acceptors (Lipinski definition) is 5. The van der Waals surface area contributed by atoms with E-state index < -0.39 is 24.3 Å². The van der Waals surface area contributed by atoms with Gasteiger partial charge in [-0.2, -0.15) is 0 Å². The fourth-order valence-electron chi connectivity index (χ4n) is 2.68. The van der Waals surface area contributed by atoms with E-state index in [1.807, 2.05) is 0 Å². The zero-order chi connectivity index (χ0) is 20.1. The van der Waals surface area contributed by atoms with Gasteiger partial charge in [-0.05, 0) is 38.5 Å². The summed E-state index contributed by atoms with van der Waals surface area (Å²) in [5.74, 6) is -1.70. The standard InChI is InChI=1S/C19H19Cl2NO5/c1-4-26-19(25)18-11(3)22-10(2)17(18)15(23)9-27-16(24)7-12-5-6-13(20)8-14(12)21/h5-6,8,22H,4,7,9H2,1-3H3. The van der Waals surface area contributed by atoms with Crippen LogP contribution in [0.1, 0.15) is 44.6 Å². The smallest absolute Gasteiger partial charge is 0.340 e. The second kappa shape index (κ2) is 9.06. The van der Waals surface area contributed by atoms with Crippen molar-refractivity contribution in [3.05, 3.63) is 56.3 Å². The van der Waals surface area contributed by atoms with Crippen molar-refractivity contribution in [2.24, 2.45) is 0 Å². The van der Waals surface area contributed by atoms with Gasteiger partial charge in [0.2, 0.25) is 5.78 Å². The summed E-state index contributed by atoms with van der Waals surface area (Å²) >= 11 is 11.8. The Bertz CT molecular complexity index is 888. The van der Waals surface area contributed by atoms with Gasteiger partial charge < -0.3 is 14.5 Å². The largest absolute Gasteiger partial charge is 0.462 e. The summed E-state index contributed by atoms with van der Waals surface area (Å²) in [5.41, 5.74) is 1.91. The molecule has 0 aliphatic heterocycles. The number of H-pyrrole nitrogens is 1. The predicted octanol–water partition coefficient (Wildman–Crippen LogP) is 4.08. The number of aromatic amines is 1. The molecule has 1 aromatic carbocycles. The lowest BCUT2D eigenvalue weighted by atomic mass is 10.1. The van der Waals surface area contributed by atoms with Gasteiger partial charge in [-0.25, -0.2) is 4.79 Å². The Kier molecular flexibility index (Phi) is 7.05. The van der Waals surface area contributed by atoms with Crippen LogP contribution in [-0.2, 0) is 20.7 Å². The SMILES string of the molecule is CCOC(=O)c1c(C)[nH]c(C)c1C(=O)COC(=O)Cc1ccc(Cl)cc1Cl. The number of nitrogens with one attached hydrogen (secondary N) is 1. The van der Waals surface area contributed by atoms with Gasteiger partial charge >= 0.3 is 11.9 Å². The molecular weight excluding hydrogens is 393 g/mol. The predicted molar refractivity (Wildman–Crippen MR) is 102 cm³/mol. The molecule has 0 aliphatic rings. The molecule has 1 aromatic heterocycles. The number of Topliss-reactive ketones (excluding diaryl/α,β-unsaturated/α-hetero) is 1. The average molecular weight is 412 g/mol. The first-order valence-electron chi connectivity index (χ1n) is 8.23. The summed E-state index contributed by atoms with van der Waals surface area (Å²) < 4.78 is 10.1. The molecule has 0 aliphatic carbocycles. The first kappa shape index (κ1) is 21.0. The maximum atomic E-state index is 12.5. The lowest BCUT2D eigenvalue weighted by Crippen LogP contribution is -2.19. The molecule has 144 valence electrons. The van der Waals surface area contributed by atoms with E-state index in [2.05, 4.69) is 4.98 Å². The van der Waals surface area contributed by atoms with Crippen LogP contribution in [0.25, 0.3) is 0 Å². The van der Waals surface area contributed by atoms with Crippen LogP contribution in [0.4, 0.5) is 0 Å². The Hall–Kier alpha value is -2.31. The summed E-state index contributed by atoms with van der Waals surface area (Å²) in [6, 6.07) is 4.75. The molecule has 0 unspecified atom stereocenters. The molecule has 1 heterocycles. The van der Waals surface area contributed by atoms with Crippen molar-refractivity contribution in [1.29, 1.82) is 0 Å². The third kappa shape index (κ3) is 5.11. The van der Waals surface area contributed by atoms with Gasteiger partial charge in [0.15, 0.2) is 6.61 Å². The minimum absolute atomic E-state index is 0.0981. The van der Waals surface area contributed by atoms with Crippen molar-refractivity contribution in [1.82, 2.24) is 4.98 Å². The number of rotatable bonds is 7. The molecule has 0 bridgehead atoms. The Morgan fingerprint density at radius 1 is 1.04 bits per heavy atom. The van der Waals surface area contributed by atoms with Crippen LogP contribution in [0.5, 0.6) is 0 Å². The van der Waals surface area contributed by atoms with E-state index in [0.29, 0.717) is 27.0 Å². The minimum Gasteiger partial charge on any atom is -0.462 e. The van der Waals surface area contributed by atoms with Crippen LogP contribution in [0, 0.1) is 13.8 Å². The number of aryl methyl sites for hydroxylation is 2. The third-order valence-corrected chi connectivity index (χ3v) is 4.43. The molecule has 2 rings (SSSR count). The van der Waals surface area contributed by atoms with Crippen LogP contribution < -0.4 is 0 Å². The molecule has 1 N–H and O–H groups in total. The monoisotopic (exact) mass is 411 g/mol. The molecule has 27 heavy (non-hydrogen) atoms. The highest BCUT2D eigenvalue weighted by atomic mass is 35.5. The number of benzene rings is 1. The molecule has 8 heteroatoms. The molecule has 0 saturated carbocycles. The molecule has 0 amide bonds. The van der Waals surface area contributed by atoms with E-state index in [1.165, 1.54) is 6.07 Å².